The smallest absolute Gasteiger partial charge is 0.106 e. The molecule has 0 unspecified atom stereocenters. The van der Waals surface area contributed by atoms with E-state index in [1.165, 1.54) is 11.1 Å². The van der Waals surface area contributed by atoms with Crippen LogP contribution in [0.4, 0.5) is 0 Å². The van der Waals surface area contributed by atoms with Gasteiger partial charge in [-0.15, -0.1) is 0 Å². The minimum absolute atomic E-state index is 0.827. The van der Waals surface area contributed by atoms with Gasteiger partial charge in [0.15, 0.2) is 0 Å². The van der Waals surface area contributed by atoms with Crippen molar-refractivity contribution < 1.29 is 0 Å². The van der Waals surface area contributed by atoms with Gasteiger partial charge in [0.2, 0.25) is 0 Å². The van der Waals surface area contributed by atoms with Gasteiger partial charge in [0.1, 0.15) is 4.99 Å². The number of hydrogen-bond donors (Lipinski definition) is 1. The van der Waals surface area contributed by atoms with E-state index in [1.807, 2.05) is 7.05 Å². The van der Waals surface area contributed by atoms with Gasteiger partial charge in [0, 0.05) is 12.6 Å². The summed E-state index contributed by atoms with van der Waals surface area (Å²) in [6, 6.07) is 6.43. The van der Waals surface area contributed by atoms with E-state index in [0.29, 0.717) is 0 Å². The Balaban J connectivity index is 3.11. The Morgan fingerprint density at radius 2 is 2.15 bits per heavy atom. The van der Waals surface area contributed by atoms with Gasteiger partial charge >= 0.3 is 0 Å². The lowest BCUT2D eigenvalue weighted by Crippen LogP contribution is -2.17. The molecule has 0 atom stereocenters. The molecule has 0 aromatic heterocycles. The van der Waals surface area contributed by atoms with Crippen LogP contribution < -0.4 is 5.32 Å². The number of benzene rings is 1. The summed E-state index contributed by atoms with van der Waals surface area (Å²) in [4.78, 5) is 0.827. The van der Waals surface area contributed by atoms with E-state index in [9.17, 15) is 0 Å². The van der Waals surface area contributed by atoms with Crippen LogP contribution in [0.25, 0.3) is 0 Å². The third-order valence-electron chi connectivity index (χ3n) is 2.18. The molecular weight excluding hydrogens is 178 g/mol. The SMILES string of the molecule is CCc1ccc(C)c(C(=S)NC)c1. The third-order valence-corrected chi connectivity index (χ3v) is 2.61. The second kappa shape index (κ2) is 4.38. The van der Waals surface area contributed by atoms with E-state index >= 15 is 0 Å². The molecule has 0 aliphatic carbocycles. The van der Waals surface area contributed by atoms with Crippen molar-refractivity contribution in [2.24, 2.45) is 0 Å². The van der Waals surface area contributed by atoms with Crippen LogP contribution in [-0.2, 0) is 6.42 Å². The maximum atomic E-state index is 5.21. The van der Waals surface area contributed by atoms with Gasteiger partial charge < -0.3 is 5.32 Å². The average molecular weight is 193 g/mol. The van der Waals surface area contributed by atoms with Crippen molar-refractivity contribution in [2.45, 2.75) is 20.3 Å². The summed E-state index contributed by atoms with van der Waals surface area (Å²) < 4.78 is 0. The molecule has 1 aromatic carbocycles. The summed E-state index contributed by atoms with van der Waals surface area (Å²) >= 11 is 5.21. The van der Waals surface area contributed by atoms with Crippen molar-refractivity contribution in [3.63, 3.8) is 0 Å². The predicted molar refractivity (Wildman–Crippen MR) is 61.3 cm³/mol. The van der Waals surface area contributed by atoms with Crippen LogP contribution in [0.15, 0.2) is 18.2 Å². The highest BCUT2D eigenvalue weighted by molar-refractivity contribution is 7.80. The molecule has 1 nitrogen and oxygen atoms in total. The molecule has 70 valence electrons. The second-order valence-electron chi connectivity index (χ2n) is 3.08. The van der Waals surface area contributed by atoms with E-state index < -0.39 is 0 Å². The number of aryl methyl sites for hydroxylation is 2. The molecule has 0 spiro atoms. The molecule has 0 amide bonds. The van der Waals surface area contributed by atoms with E-state index in [4.69, 9.17) is 12.2 Å². The van der Waals surface area contributed by atoms with E-state index in [2.05, 4.69) is 37.4 Å². The third kappa shape index (κ3) is 2.28. The maximum Gasteiger partial charge on any atom is 0.106 e. The Hall–Kier alpha value is -0.890. The Morgan fingerprint density at radius 1 is 1.46 bits per heavy atom. The summed E-state index contributed by atoms with van der Waals surface area (Å²) in [5, 5.41) is 3.00. The molecule has 2 heteroatoms. The van der Waals surface area contributed by atoms with Gasteiger partial charge in [-0.3, -0.25) is 0 Å². The van der Waals surface area contributed by atoms with Crippen LogP contribution in [0.1, 0.15) is 23.6 Å². The first-order valence-corrected chi connectivity index (χ1v) is 4.91. The van der Waals surface area contributed by atoms with Gasteiger partial charge in [0.25, 0.3) is 0 Å². The minimum Gasteiger partial charge on any atom is -0.379 e. The second-order valence-corrected chi connectivity index (χ2v) is 3.49. The van der Waals surface area contributed by atoms with Crippen molar-refractivity contribution in [3.8, 4) is 0 Å². The van der Waals surface area contributed by atoms with Crippen LogP contribution in [0.2, 0.25) is 0 Å². The summed E-state index contributed by atoms with van der Waals surface area (Å²) in [6.45, 7) is 4.23. The molecule has 0 bridgehead atoms. The number of rotatable bonds is 2. The molecule has 0 fully saturated rings. The van der Waals surface area contributed by atoms with Gasteiger partial charge in [0.05, 0.1) is 0 Å². The molecular formula is C11H15NS. The molecule has 0 saturated heterocycles. The summed E-state index contributed by atoms with van der Waals surface area (Å²) in [6.07, 6.45) is 1.06. The lowest BCUT2D eigenvalue weighted by molar-refractivity contribution is 1.13. The quantitative estimate of drug-likeness (QED) is 0.724. The van der Waals surface area contributed by atoms with Crippen molar-refractivity contribution in [1.29, 1.82) is 0 Å². The Kier molecular flexibility index (Phi) is 3.43. The van der Waals surface area contributed by atoms with Crippen LogP contribution >= 0.6 is 12.2 Å². The highest BCUT2D eigenvalue weighted by Crippen LogP contribution is 2.12. The monoisotopic (exact) mass is 193 g/mol. The lowest BCUT2D eigenvalue weighted by Gasteiger charge is -2.08. The fourth-order valence-corrected chi connectivity index (χ4v) is 1.49. The molecule has 0 heterocycles. The number of nitrogens with one attached hydrogen (secondary N) is 1. The van der Waals surface area contributed by atoms with Crippen LogP contribution in [0.3, 0.4) is 0 Å². The first kappa shape index (κ1) is 10.2. The molecule has 1 N–H and O–H groups in total. The Morgan fingerprint density at radius 3 is 2.69 bits per heavy atom. The topological polar surface area (TPSA) is 12.0 Å². The summed E-state index contributed by atoms with van der Waals surface area (Å²) in [5.41, 5.74) is 3.71. The first-order valence-electron chi connectivity index (χ1n) is 4.50. The number of thiocarbonyl (C=S) groups is 1. The van der Waals surface area contributed by atoms with Crippen molar-refractivity contribution in [1.82, 2.24) is 5.32 Å². The molecule has 0 aliphatic heterocycles. The standard InChI is InChI=1S/C11H15NS/c1-4-9-6-5-8(2)10(7-9)11(13)12-3/h5-7H,4H2,1-3H3,(H,12,13). The molecule has 1 aromatic rings. The predicted octanol–water partition coefficient (Wildman–Crippen LogP) is 2.45. The fourth-order valence-electron chi connectivity index (χ4n) is 1.27. The Bertz CT molecular complexity index is 318. The van der Waals surface area contributed by atoms with Crippen molar-refractivity contribution in [3.05, 3.63) is 34.9 Å². The largest absolute Gasteiger partial charge is 0.379 e. The fraction of sp³-hybridized carbons (Fsp3) is 0.364. The molecule has 0 radical (unpaired) electrons. The molecule has 0 saturated carbocycles. The van der Waals surface area contributed by atoms with Gasteiger partial charge in [-0.2, -0.15) is 0 Å². The van der Waals surface area contributed by atoms with Gasteiger partial charge in [-0.05, 0) is 30.5 Å². The average Bonchev–Trinajstić information content (AvgIpc) is 2.17. The Labute approximate surface area is 85.2 Å². The van der Waals surface area contributed by atoms with Crippen molar-refractivity contribution >= 4 is 17.2 Å². The lowest BCUT2D eigenvalue weighted by atomic mass is 10.0. The maximum absolute atomic E-state index is 5.21. The van der Waals surface area contributed by atoms with Crippen LogP contribution in [0, 0.1) is 6.92 Å². The zero-order valence-corrected chi connectivity index (χ0v) is 9.16. The number of hydrogen-bond acceptors (Lipinski definition) is 1. The van der Waals surface area contributed by atoms with E-state index in [1.54, 1.807) is 0 Å². The van der Waals surface area contributed by atoms with Crippen LogP contribution in [0.5, 0.6) is 0 Å². The molecule has 0 aliphatic rings. The zero-order valence-electron chi connectivity index (χ0n) is 8.35. The molecule has 1 rings (SSSR count). The minimum atomic E-state index is 0.827. The van der Waals surface area contributed by atoms with Gasteiger partial charge in [-0.25, -0.2) is 0 Å². The summed E-state index contributed by atoms with van der Waals surface area (Å²) in [5.74, 6) is 0. The molecule has 13 heavy (non-hydrogen) atoms. The van der Waals surface area contributed by atoms with E-state index in [0.717, 1.165) is 17.0 Å². The highest BCUT2D eigenvalue weighted by atomic mass is 32.1. The summed E-state index contributed by atoms with van der Waals surface area (Å²) in [7, 11) is 1.86. The first-order chi connectivity index (χ1) is 6.19. The van der Waals surface area contributed by atoms with Crippen LogP contribution in [-0.4, -0.2) is 12.0 Å². The zero-order chi connectivity index (χ0) is 9.84. The van der Waals surface area contributed by atoms with E-state index in [-0.39, 0.29) is 0 Å². The highest BCUT2D eigenvalue weighted by Gasteiger charge is 2.03. The van der Waals surface area contributed by atoms with Crippen molar-refractivity contribution in [2.75, 3.05) is 7.05 Å². The normalized spacial score (nSPS) is 9.77. The van der Waals surface area contributed by atoms with Gasteiger partial charge in [-0.1, -0.05) is 31.3 Å².